The summed E-state index contributed by atoms with van der Waals surface area (Å²) in [6.45, 7) is 0. The summed E-state index contributed by atoms with van der Waals surface area (Å²) in [4.78, 5) is 28.7. The fourth-order valence-corrected chi connectivity index (χ4v) is 5.69. The molecule has 0 radical (unpaired) electrons. The van der Waals surface area contributed by atoms with Crippen molar-refractivity contribution in [2.45, 2.75) is 4.90 Å². The highest BCUT2D eigenvalue weighted by Crippen LogP contribution is 2.37. The number of hydrogen-bond donors (Lipinski definition) is 4. The van der Waals surface area contributed by atoms with Gasteiger partial charge in [-0.25, -0.2) is 8.42 Å². The quantitative estimate of drug-likeness (QED) is 0.331. The molecule has 2 aromatic rings. The molecule has 0 fully saturated rings. The Bertz CT molecular complexity index is 1640. The summed E-state index contributed by atoms with van der Waals surface area (Å²) in [5.74, 6) is -1.15. The molecule has 4 N–H and O–H groups in total. The normalized spacial score (nSPS) is 17.0. The zero-order chi connectivity index (χ0) is 27.2. The maximum absolute atomic E-state index is 11.9. The number of hydrogen-bond acceptors (Lipinski definition) is 4. The highest BCUT2D eigenvalue weighted by atomic mass is 32.3. The number of nitrogens with zero attached hydrogens (tertiary/aromatic N) is 4. The van der Waals surface area contributed by atoms with E-state index in [1.165, 1.54) is 42.5 Å². The molecule has 12 nitrogen and oxygen atoms in total. The molecule has 0 atom stereocenters. The fraction of sp³-hybridized carbons (Fsp3) is 0.0909. The van der Waals surface area contributed by atoms with Crippen molar-refractivity contribution in [2.24, 2.45) is 0 Å². The van der Waals surface area contributed by atoms with Crippen molar-refractivity contribution < 1.29 is 45.8 Å². The first-order valence-electron chi connectivity index (χ1n) is 9.85. The van der Waals surface area contributed by atoms with Gasteiger partial charge in [-0.2, -0.15) is 9.58 Å². The Morgan fingerprint density at radius 1 is 0.694 bits per heavy atom. The molecule has 0 saturated carbocycles. The second kappa shape index (κ2) is 8.38. The molecule has 2 aliphatic carbocycles. The maximum atomic E-state index is 11.9. The number of carbonyl (C=O) groups excluding carboxylic acids is 2. The van der Waals surface area contributed by atoms with Crippen molar-refractivity contribution in [1.82, 2.24) is 0 Å². The van der Waals surface area contributed by atoms with Crippen LogP contribution in [0.2, 0.25) is 0 Å². The minimum absolute atomic E-state index is 0.103. The van der Waals surface area contributed by atoms with E-state index in [0.717, 1.165) is 18.6 Å². The molecule has 2 aliphatic rings. The summed E-state index contributed by atoms with van der Waals surface area (Å²) in [6.07, 6.45) is 5.03. The third-order valence-corrected chi connectivity index (χ3v) is 7.84. The van der Waals surface area contributed by atoms with Crippen LogP contribution in [0.25, 0.3) is 22.0 Å². The molecule has 0 aliphatic heterocycles. The lowest BCUT2D eigenvalue weighted by atomic mass is 9.95. The average molecular weight is 533 g/mol. The van der Waals surface area contributed by atoms with Gasteiger partial charge >= 0.3 is 11.4 Å². The zero-order valence-corrected chi connectivity index (χ0v) is 20.4. The van der Waals surface area contributed by atoms with Crippen LogP contribution in [0.5, 0.6) is 0 Å². The molecule has 2 aromatic carbocycles. The fourth-order valence-electron chi connectivity index (χ4n) is 3.54. The van der Waals surface area contributed by atoms with Crippen LogP contribution in [0.15, 0.2) is 59.5 Å². The van der Waals surface area contributed by atoms with Crippen molar-refractivity contribution in [2.75, 3.05) is 12.5 Å². The van der Waals surface area contributed by atoms with Gasteiger partial charge in [0.05, 0.1) is 15.9 Å². The Balaban J connectivity index is 0.000000201. The predicted molar refractivity (Wildman–Crippen MR) is 133 cm³/mol. The predicted octanol–water partition coefficient (Wildman–Crippen LogP) is 2.61. The van der Waals surface area contributed by atoms with E-state index in [4.69, 9.17) is 11.1 Å². The largest absolute Gasteiger partial charge is 0.364 e. The van der Waals surface area contributed by atoms with E-state index in [-0.39, 0.29) is 37.8 Å². The van der Waals surface area contributed by atoms with Gasteiger partial charge in [-0.05, 0) is 12.1 Å². The first-order valence-corrected chi connectivity index (χ1v) is 14.4. The number of benzene rings is 2. The Labute approximate surface area is 204 Å². The monoisotopic (exact) mass is 532 g/mol. The van der Waals surface area contributed by atoms with E-state index < -0.39 is 36.5 Å². The molecule has 14 heteroatoms. The van der Waals surface area contributed by atoms with Crippen LogP contribution in [0, 0.1) is 0 Å². The summed E-state index contributed by atoms with van der Waals surface area (Å²) in [5, 5.41) is 0. The van der Waals surface area contributed by atoms with E-state index in [2.05, 4.69) is 9.58 Å². The van der Waals surface area contributed by atoms with Gasteiger partial charge in [0.25, 0.3) is 11.6 Å². The van der Waals surface area contributed by atoms with Crippen LogP contribution in [0.3, 0.4) is 0 Å². The van der Waals surface area contributed by atoms with E-state index in [1.54, 1.807) is 12.1 Å². The summed E-state index contributed by atoms with van der Waals surface area (Å²) < 4.78 is 62.2. The van der Waals surface area contributed by atoms with Crippen molar-refractivity contribution in [1.29, 1.82) is 0 Å². The van der Waals surface area contributed by atoms with Gasteiger partial charge in [-0.3, -0.25) is 9.59 Å². The van der Waals surface area contributed by atoms with Crippen LogP contribution < -0.4 is 0 Å². The minimum atomic E-state index is -5.04. The van der Waals surface area contributed by atoms with Gasteiger partial charge in [0, 0.05) is 40.8 Å². The van der Waals surface area contributed by atoms with Gasteiger partial charge < -0.3 is 29.3 Å². The van der Waals surface area contributed by atoms with Crippen LogP contribution in [0.1, 0.15) is 31.8 Å². The lowest BCUT2D eigenvalue weighted by Crippen LogP contribution is -2.34. The molecular formula is C22H20N4O8S2. The molecule has 0 spiro atoms. The van der Waals surface area contributed by atoms with Crippen LogP contribution in [0.4, 0.5) is 0 Å². The van der Waals surface area contributed by atoms with E-state index in [0.29, 0.717) is 0 Å². The smallest absolute Gasteiger partial charge is 0.361 e. The minimum Gasteiger partial charge on any atom is -0.361 e. The zero-order valence-electron chi connectivity index (χ0n) is 18.8. The van der Waals surface area contributed by atoms with Crippen LogP contribution >= 0.6 is 0 Å². The number of carbonyl (C=O) groups is 2. The van der Waals surface area contributed by atoms with Crippen molar-refractivity contribution >= 4 is 53.2 Å². The summed E-state index contributed by atoms with van der Waals surface area (Å²) in [6, 6.07) is 10.1. The molecule has 188 valence electrons. The van der Waals surface area contributed by atoms with Gasteiger partial charge in [-0.1, -0.05) is 36.4 Å². The number of fused-ring (bicyclic) bond motifs is 2. The number of rotatable bonds is 2. The Morgan fingerprint density at radius 2 is 1.22 bits per heavy atom. The lowest BCUT2D eigenvalue weighted by Gasteiger charge is -2.30. The Hall–Kier alpha value is -3.84. The number of allylic oxidation sites excluding steroid dienone is 2. The molecule has 0 aromatic heterocycles. The van der Waals surface area contributed by atoms with E-state index in [1.807, 2.05) is 0 Å². The second-order valence-corrected chi connectivity index (χ2v) is 14.0. The van der Waals surface area contributed by atoms with Gasteiger partial charge in [0.1, 0.15) is 19.3 Å². The summed E-state index contributed by atoms with van der Waals surface area (Å²) >= 11 is 0. The van der Waals surface area contributed by atoms with Crippen molar-refractivity contribution in [3.8, 4) is 0 Å². The molecule has 0 saturated heterocycles. The van der Waals surface area contributed by atoms with Crippen LogP contribution in [-0.4, -0.2) is 71.7 Å². The SMILES string of the molecule is CS(=O)(O)(O)C1=CC(=[N+]=[N-])C(=O)c2ccccc21.CS(=O)(O)(O)c1cccc2c1C=CC(=[N+]=[N-])C2=O. The topological polar surface area (TPSA) is 222 Å². The molecule has 0 amide bonds. The van der Waals surface area contributed by atoms with E-state index in [9.17, 15) is 36.2 Å². The first-order chi connectivity index (χ1) is 16.4. The average Bonchev–Trinajstić information content (AvgIpc) is 2.77. The number of Topliss-reactive ketones (excluding diaryl/α,β-unsaturated/α-hetero) is 2. The van der Waals surface area contributed by atoms with Crippen molar-refractivity contribution in [3.63, 3.8) is 0 Å². The van der Waals surface area contributed by atoms with Gasteiger partial charge in [-0.15, -0.1) is 0 Å². The lowest BCUT2D eigenvalue weighted by molar-refractivity contribution is -0.00459. The maximum Gasteiger partial charge on any atom is 0.364 e. The summed E-state index contributed by atoms with van der Waals surface area (Å²) in [7, 11) is -9.99. The molecule has 0 bridgehead atoms. The third kappa shape index (κ3) is 5.21. The molecule has 0 unspecified atom stereocenters. The second-order valence-electron chi connectivity index (χ2n) is 8.20. The van der Waals surface area contributed by atoms with Gasteiger partial charge in [0.15, 0.2) is 0 Å². The third-order valence-electron chi connectivity index (χ3n) is 5.12. The first kappa shape index (κ1) is 26.8. The highest BCUT2D eigenvalue weighted by Gasteiger charge is 2.40. The molecule has 0 heterocycles. The van der Waals surface area contributed by atoms with Crippen molar-refractivity contribution in [3.05, 3.63) is 87.9 Å². The Kier molecular flexibility index (Phi) is 6.23. The van der Waals surface area contributed by atoms with E-state index >= 15 is 0 Å². The van der Waals surface area contributed by atoms with Crippen LogP contribution in [-0.2, 0) is 19.3 Å². The summed E-state index contributed by atoms with van der Waals surface area (Å²) in [5.41, 5.74) is 17.3. The van der Waals surface area contributed by atoms with Gasteiger partial charge in [0.2, 0.25) is 0 Å². The Morgan fingerprint density at radius 3 is 1.75 bits per heavy atom. The highest BCUT2D eigenvalue weighted by molar-refractivity contribution is 8.17. The standard InChI is InChI=1S/2C11H10N2O4S/c1-18(15,16,17)10-4-2-3-8-7(10)5-6-9(13-12)11(8)14;1-18(15,16,17)10-6-9(13-12)11(14)8-5-3-2-4-7(8)10/h2*2-6H,1H3,(H2,15,16,17). The molecule has 36 heavy (non-hydrogen) atoms. The number of ketones is 2. The molecular weight excluding hydrogens is 512 g/mol. The molecule has 4 rings (SSSR count).